The van der Waals surface area contributed by atoms with Gasteiger partial charge in [-0.3, -0.25) is 14.3 Å². The van der Waals surface area contributed by atoms with Crippen LogP contribution in [0.1, 0.15) is 48.8 Å². The van der Waals surface area contributed by atoms with Gasteiger partial charge in [-0.1, -0.05) is 11.6 Å². The van der Waals surface area contributed by atoms with Crippen molar-refractivity contribution in [2.45, 2.75) is 50.4 Å². The zero-order chi connectivity index (χ0) is 22.4. The first-order chi connectivity index (χ1) is 15.9. The van der Waals surface area contributed by atoms with Gasteiger partial charge in [0.25, 0.3) is 0 Å². The van der Waals surface area contributed by atoms with E-state index in [0.717, 1.165) is 61.7 Å². The van der Waals surface area contributed by atoms with Crippen LogP contribution in [0.2, 0.25) is 5.02 Å². The molecule has 7 nitrogen and oxygen atoms in total. The molecule has 1 spiro atoms. The number of halogens is 2. The molecule has 7 rings (SSSR count). The van der Waals surface area contributed by atoms with E-state index in [0.29, 0.717) is 42.4 Å². The minimum atomic E-state index is -1.30. The maximum Gasteiger partial charge on any atom is 0.225 e. The van der Waals surface area contributed by atoms with Gasteiger partial charge in [-0.05, 0) is 49.4 Å². The van der Waals surface area contributed by atoms with E-state index < -0.39 is 5.67 Å². The molecule has 4 heterocycles. The summed E-state index contributed by atoms with van der Waals surface area (Å²) in [5.41, 5.74) is 1.05. The summed E-state index contributed by atoms with van der Waals surface area (Å²) in [5.74, 6) is 2.80. The van der Waals surface area contributed by atoms with Crippen LogP contribution in [0, 0.1) is 11.3 Å². The second-order valence-corrected chi connectivity index (χ2v) is 11.4. The van der Waals surface area contributed by atoms with E-state index in [-0.39, 0.29) is 18.6 Å². The van der Waals surface area contributed by atoms with Gasteiger partial charge in [0.2, 0.25) is 5.91 Å². The average Bonchev–Trinajstić information content (AvgIpc) is 3.49. The Bertz CT molecular complexity index is 1130. The Morgan fingerprint density at radius 3 is 2.67 bits per heavy atom. The zero-order valence-corrected chi connectivity index (χ0v) is 19.2. The summed E-state index contributed by atoms with van der Waals surface area (Å²) in [6.07, 6.45) is 4.20. The molecule has 9 heteroatoms. The Morgan fingerprint density at radius 2 is 1.97 bits per heavy atom. The minimum Gasteiger partial charge on any atom is -0.375 e. The summed E-state index contributed by atoms with van der Waals surface area (Å²) < 4.78 is 22.2. The maximum atomic E-state index is 14.9. The summed E-state index contributed by atoms with van der Waals surface area (Å²) in [5, 5.41) is 9.84. The van der Waals surface area contributed by atoms with E-state index in [9.17, 15) is 9.18 Å². The molecule has 0 unspecified atom stereocenters. The standard InChI is InChI=1S/C24H27ClFN5O2/c25-18-3-4-19-16(5-18)8-29(12-24(26)13-33-14-24)9-20-27-28-21(31(19)20)17-6-23(7-17)10-30(11-23)22(32)15-1-2-15/h3-5,15,17H,1-2,6-14H2. The molecule has 1 aromatic heterocycles. The van der Waals surface area contributed by atoms with Crippen LogP contribution in [0.5, 0.6) is 0 Å². The average molecular weight is 472 g/mol. The molecule has 1 amide bonds. The molecule has 4 fully saturated rings. The van der Waals surface area contributed by atoms with Crippen molar-refractivity contribution in [3.05, 3.63) is 40.4 Å². The fourth-order valence-electron chi connectivity index (χ4n) is 6.22. The molecule has 174 valence electrons. The van der Waals surface area contributed by atoms with Gasteiger partial charge in [0.1, 0.15) is 5.82 Å². The van der Waals surface area contributed by atoms with Crippen molar-refractivity contribution in [1.29, 1.82) is 0 Å². The summed E-state index contributed by atoms with van der Waals surface area (Å²) in [7, 11) is 0. The third kappa shape index (κ3) is 3.33. The van der Waals surface area contributed by atoms with Crippen LogP contribution in [0.15, 0.2) is 18.2 Å². The van der Waals surface area contributed by atoms with E-state index >= 15 is 0 Å². The third-order valence-corrected chi connectivity index (χ3v) is 8.27. The summed E-state index contributed by atoms with van der Waals surface area (Å²) in [6, 6.07) is 5.90. The van der Waals surface area contributed by atoms with Crippen molar-refractivity contribution in [2.24, 2.45) is 11.3 Å². The number of benzene rings is 1. The lowest BCUT2D eigenvalue weighted by Gasteiger charge is -2.58. The Balaban J connectivity index is 1.14. The predicted molar refractivity (Wildman–Crippen MR) is 119 cm³/mol. The molecule has 0 radical (unpaired) electrons. The Hall–Kier alpha value is -2.03. The number of alkyl halides is 1. The molecule has 0 N–H and O–H groups in total. The van der Waals surface area contributed by atoms with E-state index in [4.69, 9.17) is 16.3 Å². The molecule has 2 aliphatic carbocycles. The topological polar surface area (TPSA) is 63.5 Å². The van der Waals surface area contributed by atoms with Crippen molar-refractivity contribution in [3.63, 3.8) is 0 Å². The van der Waals surface area contributed by atoms with Crippen LogP contribution in [-0.4, -0.2) is 69.0 Å². The van der Waals surface area contributed by atoms with Gasteiger partial charge in [-0.2, -0.15) is 0 Å². The molecule has 1 aromatic carbocycles. The largest absolute Gasteiger partial charge is 0.375 e. The van der Waals surface area contributed by atoms with Gasteiger partial charge in [-0.25, -0.2) is 4.39 Å². The molecule has 2 aromatic rings. The number of amides is 1. The number of carbonyl (C=O) groups is 1. The molecule has 33 heavy (non-hydrogen) atoms. The van der Waals surface area contributed by atoms with Crippen LogP contribution in [0.25, 0.3) is 5.69 Å². The fraction of sp³-hybridized carbons (Fsp3) is 0.625. The highest BCUT2D eigenvalue weighted by Crippen LogP contribution is 2.56. The van der Waals surface area contributed by atoms with Crippen LogP contribution < -0.4 is 0 Å². The highest BCUT2D eigenvalue weighted by molar-refractivity contribution is 6.30. The molecule has 0 atom stereocenters. The van der Waals surface area contributed by atoms with Gasteiger partial charge in [0, 0.05) is 48.5 Å². The molecule has 5 aliphatic rings. The maximum absolute atomic E-state index is 14.9. The van der Waals surface area contributed by atoms with E-state index in [1.807, 2.05) is 23.1 Å². The van der Waals surface area contributed by atoms with Crippen molar-refractivity contribution in [2.75, 3.05) is 32.8 Å². The Labute approximate surface area is 196 Å². The molecule has 2 saturated carbocycles. The van der Waals surface area contributed by atoms with Gasteiger partial charge in [0.15, 0.2) is 11.5 Å². The van der Waals surface area contributed by atoms with E-state index in [1.165, 1.54) is 0 Å². The quantitative estimate of drug-likeness (QED) is 0.685. The minimum absolute atomic E-state index is 0.147. The SMILES string of the molecule is O=C(C1CC1)N1CC2(CC(c3nnc4n3-c3ccc(Cl)cc3CN(CC3(F)COC3)C4)C2)C1. The number of hydrogen-bond donors (Lipinski definition) is 0. The number of carbonyl (C=O) groups excluding carboxylic acids is 1. The number of fused-ring (bicyclic) bond motifs is 3. The number of ether oxygens (including phenoxy) is 1. The number of hydrogen-bond acceptors (Lipinski definition) is 5. The summed E-state index contributed by atoms with van der Waals surface area (Å²) in [4.78, 5) is 16.5. The first kappa shape index (κ1) is 20.4. The van der Waals surface area contributed by atoms with Crippen molar-refractivity contribution < 1.29 is 13.9 Å². The summed E-state index contributed by atoms with van der Waals surface area (Å²) in [6.45, 7) is 3.52. The lowest BCUT2D eigenvalue weighted by molar-refractivity contribution is -0.153. The number of rotatable bonds is 4. The Kier molecular flexibility index (Phi) is 4.31. The van der Waals surface area contributed by atoms with Crippen LogP contribution in [0.3, 0.4) is 0 Å². The summed E-state index contributed by atoms with van der Waals surface area (Å²) >= 11 is 6.34. The zero-order valence-electron chi connectivity index (χ0n) is 18.5. The molecule has 3 aliphatic heterocycles. The highest BCUT2D eigenvalue weighted by atomic mass is 35.5. The Morgan fingerprint density at radius 1 is 1.18 bits per heavy atom. The second-order valence-electron chi connectivity index (χ2n) is 10.9. The van der Waals surface area contributed by atoms with Crippen molar-refractivity contribution >= 4 is 17.5 Å². The van der Waals surface area contributed by atoms with Gasteiger partial charge in [0.05, 0.1) is 25.4 Å². The van der Waals surface area contributed by atoms with Crippen LogP contribution >= 0.6 is 11.6 Å². The second kappa shape index (κ2) is 6.99. The first-order valence-electron chi connectivity index (χ1n) is 11.9. The van der Waals surface area contributed by atoms with E-state index in [1.54, 1.807) is 0 Å². The van der Waals surface area contributed by atoms with Gasteiger partial charge >= 0.3 is 0 Å². The van der Waals surface area contributed by atoms with E-state index in [2.05, 4.69) is 19.7 Å². The lowest BCUT2D eigenvalue weighted by atomic mass is 9.57. The molecular weight excluding hydrogens is 445 g/mol. The number of nitrogens with zero attached hydrogens (tertiary/aromatic N) is 5. The monoisotopic (exact) mass is 471 g/mol. The van der Waals surface area contributed by atoms with Gasteiger partial charge in [-0.15, -0.1) is 10.2 Å². The fourth-order valence-corrected chi connectivity index (χ4v) is 6.41. The van der Waals surface area contributed by atoms with Crippen LogP contribution in [0.4, 0.5) is 4.39 Å². The highest BCUT2D eigenvalue weighted by Gasteiger charge is 2.56. The number of likely N-dealkylation sites (tertiary alicyclic amines) is 1. The smallest absolute Gasteiger partial charge is 0.225 e. The normalized spacial score (nSPS) is 25.5. The molecular formula is C24H27ClFN5O2. The van der Waals surface area contributed by atoms with Crippen LogP contribution in [-0.2, 0) is 22.6 Å². The molecule has 2 saturated heterocycles. The third-order valence-electron chi connectivity index (χ3n) is 8.04. The lowest BCUT2D eigenvalue weighted by Crippen LogP contribution is -2.63. The van der Waals surface area contributed by atoms with Crippen molar-refractivity contribution in [3.8, 4) is 5.69 Å². The predicted octanol–water partition coefficient (Wildman–Crippen LogP) is 3.09. The first-order valence-corrected chi connectivity index (χ1v) is 12.3. The molecule has 0 bridgehead atoms. The van der Waals surface area contributed by atoms with Crippen molar-refractivity contribution in [1.82, 2.24) is 24.6 Å². The number of aromatic nitrogens is 3. The van der Waals surface area contributed by atoms with Gasteiger partial charge < -0.3 is 9.64 Å².